The number of pyridine rings is 1. The minimum absolute atomic E-state index is 0.0540. The summed E-state index contributed by atoms with van der Waals surface area (Å²) < 4.78 is 1.74. The monoisotopic (exact) mass is 345 g/mol. The Morgan fingerprint density at radius 2 is 1.92 bits per heavy atom. The van der Waals surface area contributed by atoms with Crippen LogP contribution in [0.3, 0.4) is 0 Å². The lowest BCUT2D eigenvalue weighted by atomic mass is 9.83. The predicted octanol–water partition coefficient (Wildman–Crippen LogP) is 1.34. The molecule has 0 saturated carbocycles. The second-order valence-corrected chi connectivity index (χ2v) is 7.64. The first kappa shape index (κ1) is 17.7. The molecule has 1 aromatic rings. The number of hydrogen-bond donors (Lipinski definition) is 0. The van der Waals surface area contributed by atoms with E-state index in [1.165, 1.54) is 12.1 Å². The van der Waals surface area contributed by atoms with Crippen molar-refractivity contribution in [2.45, 2.75) is 45.7 Å². The largest absolute Gasteiger partial charge is 0.345 e. The second-order valence-electron chi connectivity index (χ2n) is 7.64. The Balaban J connectivity index is 1.62. The van der Waals surface area contributed by atoms with Gasteiger partial charge in [-0.05, 0) is 24.7 Å². The lowest BCUT2D eigenvalue weighted by Gasteiger charge is -2.47. The molecular formula is C19H27N3O3. The highest BCUT2D eigenvalue weighted by Gasteiger charge is 2.40. The van der Waals surface area contributed by atoms with Crippen molar-refractivity contribution < 1.29 is 9.59 Å². The summed E-state index contributed by atoms with van der Waals surface area (Å²) in [5.74, 6) is 1.18. The zero-order valence-corrected chi connectivity index (χ0v) is 15.1. The average molecular weight is 345 g/mol. The van der Waals surface area contributed by atoms with Crippen LogP contribution in [0.4, 0.5) is 0 Å². The number of likely N-dealkylation sites (tertiary alicyclic amines) is 2. The SMILES string of the molecule is CC(C)CN1C(=O)CC[C@H]2CN(C(=O)Cn3ccc(=O)cc3)CC[C@H]21. The van der Waals surface area contributed by atoms with Crippen LogP contribution in [0.2, 0.25) is 0 Å². The Morgan fingerprint density at radius 3 is 2.60 bits per heavy atom. The molecule has 2 aliphatic rings. The van der Waals surface area contributed by atoms with Gasteiger partial charge in [0.15, 0.2) is 5.43 Å². The van der Waals surface area contributed by atoms with Crippen molar-refractivity contribution >= 4 is 11.8 Å². The molecule has 0 N–H and O–H groups in total. The third-order valence-electron chi connectivity index (χ3n) is 5.24. The molecule has 3 rings (SSSR count). The highest BCUT2D eigenvalue weighted by atomic mass is 16.2. The lowest BCUT2D eigenvalue weighted by Crippen LogP contribution is -2.57. The number of fused-ring (bicyclic) bond motifs is 1. The number of piperidine rings is 2. The number of amides is 2. The molecule has 0 radical (unpaired) electrons. The van der Waals surface area contributed by atoms with E-state index >= 15 is 0 Å². The topological polar surface area (TPSA) is 62.6 Å². The van der Waals surface area contributed by atoms with Crippen molar-refractivity contribution in [3.8, 4) is 0 Å². The first-order valence-corrected chi connectivity index (χ1v) is 9.17. The second kappa shape index (κ2) is 7.42. The summed E-state index contributed by atoms with van der Waals surface area (Å²) in [5, 5.41) is 0. The van der Waals surface area contributed by atoms with Gasteiger partial charge in [-0.1, -0.05) is 13.8 Å². The van der Waals surface area contributed by atoms with E-state index in [2.05, 4.69) is 18.7 Å². The fourth-order valence-electron chi connectivity index (χ4n) is 4.01. The van der Waals surface area contributed by atoms with Crippen molar-refractivity contribution in [3.63, 3.8) is 0 Å². The molecule has 2 amide bonds. The van der Waals surface area contributed by atoms with Crippen LogP contribution < -0.4 is 5.43 Å². The van der Waals surface area contributed by atoms with Crippen molar-refractivity contribution in [2.24, 2.45) is 11.8 Å². The van der Waals surface area contributed by atoms with Crippen LogP contribution >= 0.6 is 0 Å². The number of carbonyl (C=O) groups excluding carboxylic acids is 2. The summed E-state index contributed by atoms with van der Waals surface area (Å²) in [4.78, 5) is 40.0. The molecule has 0 unspecified atom stereocenters. The fraction of sp³-hybridized carbons (Fsp3) is 0.632. The summed E-state index contributed by atoms with van der Waals surface area (Å²) in [5.41, 5.74) is -0.0540. The summed E-state index contributed by atoms with van der Waals surface area (Å²) >= 11 is 0. The molecule has 2 atom stereocenters. The number of nitrogens with zero attached hydrogens (tertiary/aromatic N) is 3. The maximum atomic E-state index is 12.6. The number of carbonyl (C=O) groups is 2. The first-order chi connectivity index (χ1) is 11.9. The Morgan fingerprint density at radius 1 is 1.20 bits per heavy atom. The van der Waals surface area contributed by atoms with Crippen LogP contribution in [0.15, 0.2) is 29.3 Å². The van der Waals surface area contributed by atoms with Gasteiger partial charge < -0.3 is 14.4 Å². The smallest absolute Gasteiger partial charge is 0.242 e. The van der Waals surface area contributed by atoms with Crippen LogP contribution in [0.1, 0.15) is 33.1 Å². The van der Waals surface area contributed by atoms with Gasteiger partial charge in [0.1, 0.15) is 6.54 Å². The Labute approximate surface area is 148 Å². The highest BCUT2D eigenvalue weighted by Crippen LogP contribution is 2.31. The molecule has 2 fully saturated rings. The minimum Gasteiger partial charge on any atom is -0.345 e. The molecule has 0 aromatic carbocycles. The van der Waals surface area contributed by atoms with E-state index in [0.717, 1.165) is 25.9 Å². The number of rotatable bonds is 4. The summed E-state index contributed by atoms with van der Waals surface area (Å²) in [7, 11) is 0. The number of hydrogen-bond acceptors (Lipinski definition) is 3. The quantitative estimate of drug-likeness (QED) is 0.827. The molecule has 2 aliphatic heterocycles. The molecule has 25 heavy (non-hydrogen) atoms. The Bertz CT molecular complexity index is 677. The minimum atomic E-state index is -0.0540. The van der Waals surface area contributed by atoms with Gasteiger partial charge in [0.2, 0.25) is 11.8 Å². The van der Waals surface area contributed by atoms with Crippen molar-refractivity contribution in [1.29, 1.82) is 0 Å². The van der Waals surface area contributed by atoms with Gasteiger partial charge in [-0.3, -0.25) is 14.4 Å². The van der Waals surface area contributed by atoms with Gasteiger partial charge in [-0.25, -0.2) is 0 Å². The summed E-state index contributed by atoms with van der Waals surface area (Å²) in [6.07, 6.45) is 5.63. The summed E-state index contributed by atoms with van der Waals surface area (Å²) in [6, 6.07) is 3.21. The molecule has 0 spiro atoms. The molecular weight excluding hydrogens is 318 g/mol. The van der Waals surface area contributed by atoms with Crippen LogP contribution in [0, 0.1) is 11.8 Å². The molecule has 1 aromatic heterocycles. The van der Waals surface area contributed by atoms with Gasteiger partial charge in [0.05, 0.1) is 0 Å². The normalized spacial score (nSPS) is 23.7. The Kier molecular flexibility index (Phi) is 5.25. The number of aromatic nitrogens is 1. The van der Waals surface area contributed by atoms with E-state index in [1.54, 1.807) is 17.0 Å². The van der Waals surface area contributed by atoms with Gasteiger partial charge in [-0.15, -0.1) is 0 Å². The van der Waals surface area contributed by atoms with Gasteiger partial charge in [-0.2, -0.15) is 0 Å². The zero-order chi connectivity index (χ0) is 18.0. The molecule has 3 heterocycles. The van der Waals surface area contributed by atoms with E-state index in [-0.39, 0.29) is 29.8 Å². The third-order valence-corrected chi connectivity index (χ3v) is 5.24. The van der Waals surface area contributed by atoms with E-state index in [9.17, 15) is 14.4 Å². The Hall–Kier alpha value is -2.11. The van der Waals surface area contributed by atoms with Crippen LogP contribution in [0.25, 0.3) is 0 Å². The molecule has 6 heteroatoms. The molecule has 2 saturated heterocycles. The molecule has 136 valence electrons. The van der Waals surface area contributed by atoms with Crippen molar-refractivity contribution in [1.82, 2.24) is 14.4 Å². The van der Waals surface area contributed by atoms with Crippen molar-refractivity contribution in [2.75, 3.05) is 19.6 Å². The maximum Gasteiger partial charge on any atom is 0.242 e. The predicted molar refractivity (Wildman–Crippen MR) is 95.0 cm³/mol. The summed E-state index contributed by atoms with van der Waals surface area (Å²) in [6.45, 7) is 6.77. The van der Waals surface area contributed by atoms with Crippen LogP contribution in [-0.4, -0.2) is 51.9 Å². The third kappa shape index (κ3) is 4.11. The first-order valence-electron chi connectivity index (χ1n) is 9.17. The standard InChI is InChI=1S/C19H27N3O3/c1-14(2)11-22-17-7-10-21(12-15(17)3-4-18(22)24)19(25)13-20-8-5-16(23)6-9-20/h5-6,8-9,14-15,17H,3-4,7,10-13H2,1-2H3/t15-,17+/m0/s1. The molecule has 6 nitrogen and oxygen atoms in total. The van der Waals surface area contributed by atoms with E-state index in [1.807, 2.05) is 4.90 Å². The zero-order valence-electron chi connectivity index (χ0n) is 15.1. The van der Waals surface area contributed by atoms with E-state index in [4.69, 9.17) is 0 Å². The lowest BCUT2D eigenvalue weighted by molar-refractivity contribution is -0.145. The van der Waals surface area contributed by atoms with Gasteiger partial charge in [0.25, 0.3) is 0 Å². The highest BCUT2D eigenvalue weighted by molar-refractivity contribution is 5.78. The fourth-order valence-corrected chi connectivity index (χ4v) is 4.01. The van der Waals surface area contributed by atoms with Crippen LogP contribution in [0.5, 0.6) is 0 Å². The van der Waals surface area contributed by atoms with Crippen molar-refractivity contribution in [3.05, 3.63) is 34.7 Å². The van der Waals surface area contributed by atoms with E-state index in [0.29, 0.717) is 24.8 Å². The van der Waals surface area contributed by atoms with E-state index < -0.39 is 0 Å². The van der Waals surface area contributed by atoms with Gasteiger partial charge in [0, 0.05) is 56.6 Å². The maximum absolute atomic E-state index is 12.6. The van der Waals surface area contributed by atoms with Gasteiger partial charge >= 0.3 is 0 Å². The molecule has 0 bridgehead atoms. The van der Waals surface area contributed by atoms with Crippen LogP contribution in [-0.2, 0) is 16.1 Å². The average Bonchev–Trinajstić information content (AvgIpc) is 2.58. The molecule has 0 aliphatic carbocycles.